The Morgan fingerprint density at radius 1 is 1.00 bits per heavy atom. The summed E-state index contributed by atoms with van der Waals surface area (Å²) in [6.07, 6.45) is 0. The second-order valence-electron chi connectivity index (χ2n) is 6.53. The van der Waals surface area contributed by atoms with Crippen molar-refractivity contribution in [3.63, 3.8) is 0 Å². The van der Waals surface area contributed by atoms with Crippen LogP contribution in [0.3, 0.4) is 0 Å². The lowest BCUT2D eigenvalue weighted by Gasteiger charge is -2.05. The molecule has 146 valence electrons. The zero-order valence-electron chi connectivity index (χ0n) is 16.0. The Morgan fingerprint density at radius 3 is 2.48 bits per heavy atom. The van der Waals surface area contributed by atoms with Gasteiger partial charge in [-0.1, -0.05) is 30.3 Å². The van der Waals surface area contributed by atoms with Gasteiger partial charge in [0.1, 0.15) is 16.3 Å². The molecule has 0 aliphatic rings. The Kier molecular flexibility index (Phi) is 4.81. The summed E-state index contributed by atoms with van der Waals surface area (Å²) in [6.45, 7) is 5.56. The van der Waals surface area contributed by atoms with E-state index in [-0.39, 0.29) is 5.69 Å². The number of thiophene rings is 1. The van der Waals surface area contributed by atoms with Gasteiger partial charge < -0.3 is 0 Å². The zero-order chi connectivity index (χ0) is 20.5. The van der Waals surface area contributed by atoms with Crippen LogP contribution in [0.15, 0.2) is 36.4 Å². The summed E-state index contributed by atoms with van der Waals surface area (Å²) >= 11 is 1.27. The third kappa shape index (κ3) is 3.59. The second-order valence-corrected chi connectivity index (χ2v) is 7.53. The molecule has 0 aliphatic heterocycles. The topological polar surface area (TPSA) is 113 Å². The number of aromatic amines is 1. The highest BCUT2D eigenvalue weighted by atomic mass is 32.1. The molecular weight excluding hydrogens is 388 g/mol. The number of carbonyl (C=O) groups excluding carboxylic acids is 2. The van der Waals surface area contributed by atoms with Gasteiger partial charge in [0.15, 0.2) is 0 Å². The summed E-state index contributed by atoms with van der Waals surface area (Å²) in [6, 6.07) is 11.1. The van der Waals surface area contributed by atoms with Crippen LogP contribution in [0.5, 0.6) is 0 Å². The lowest BCUT2D eigenvalue weighted by molar-refractivity contribution is 0.0846. The average Bonchev–Trinajstić information content (AvgIpc) is 3.32. The number of amides is 2. The number of nitrogens with zero attached hydrogens (tertiary/aromatic N) is 3. The average molecular weight is 406 g/mol. The van der Waals surface area contributed by atoms with Gasteiger partial charge in [0.2, 0.25) is 0 Å². The molecule has 0 fully saturated rings. The summed E-state index contributed by atoms with van der Waals surface area (Å²) in [5.74, 6) is -0.234. The SMILES string of the molecule is Cc1nc(C)c2c(C)c(C(=O)NNC(=O)c3cc(-c4ccccc4)n[nH]3)sc2n1. The van der Waals surface area contributed by atoms with E-state index in [1.54, 1.807) is 6.07 Å². The quantitative estimate of drug-likeness (QED) is 0.453. The van der Waals surface area contributed by atoms with Crippen molar-refractivity contribution >= 4 is 33.4 Å². The molecule has 9 heteroatoms. The predicted molar refractivity (Wildman–Crippen MR) is 111 cm³/mol. The van der Waals surface area contributed by atoms with Gasteiger partial charge in [-0.2, -0.15) is 5.10 Å². The monoisotopic (exact) mass is 406 g/mol. The fourth-order valence-electron chi connectivity index (χ4n) is 3.12. The number of carbonyl (C=O) groups is 2. The largest absolute Gasteiger partial charge is 0.287 e. The van der Waals surface area contributed by atoms with Gasteiger partial charge in [0.25, 0.3) is 11.8 Å². The molecule has 3 aromatic heterocycles. The first-order valence-corrected chi connectivity index (χ1v) is 9.71. The summed E-state index contributed by atoms with van der Waals surface area (Å²) in [5.41, 5.74) is 8.28. The van der Waals surface area contributed by atoms with Crippen LogP contribution < -0.4 is 10.9 Å². The first-order valence-electron chi connectivity index (χ1n) is 8.90. The van der Waals surface area contributed by atoms with Gasteiger partial charge in [-0.3, -0.25) is 25.5 Å². The van der Waals surface area contributed by atoms with Crippen LogP contribution in [-0.2, 0) is 0 Å². The molecule has 0 radical (unpaired) electrons. The molecule has 0 aliphatic carbocycles. The van der Waals surface area contributed by atoms with Gasteiger partial charge in [0, 0.05) is 16.6 Å². The van der Waals surface area contributed by atoms with Gasteiger partial charge in [-0.05, 0) is 32.4 Å². The van der Waals surface area contributed by atoms with Crippen molar-refractivity contribution in [1.29, 1.82) is 0 Å². The number of fused-ring (bicyclic) bond motifs is 1. The highest BCUT2D eigenvalue weighted by molar-refractivity contribution is 7.20. The smallest absolute Gasteiger partial charge is 0.272 e. The molecule has 0 spiro atoms. The fraction of sp³-hybridized carbons (Fsp3) is 0.150. The van der Waals surface area contributed by atoms with Gasteiger partial charge in [-0.15, -0.1) is 11.3 Å². The lowest BCUT2D eigenvalue weighted by Crippen LogP contribution is -2.41. The maximum absolute atomic E-state index is 12.6. The molecule has 3 heterocycles. The molecule has 0 unspecified atom stereocenters. The van der Waals surface area contributed by atoms with Crippen molar-refractivity contribution in [1.82, 2.24) is 31.0 Å². The summed E-state index contributed by atoms with van der Waals surface area (Å²) < 4.78 is 0. The number of hydrazine groups is 1. The third-order valence-corrected chi connectivity index (χ3v) is 5.66. The number of H-pyrrole nitrogens is 1. The summed E-state index contributed by atoms with van der Waals surface area (Å²) in [7, 11) is 0. The highest BCUT2D eigenvalue weighted by Crippen LogP contribution is 2.31. The molecule has 2 amide bonds. The Morgan fingerprint density at radius 2 is 1.72 bits per heavy atom. The van der Waals surface area contributed by atoms with Gasteiger partial charge in [-0.25, -0.2) is 9.97 Å². The second kappa shape index (κ2) is 7.44. The van der Waals surface area contributed by atoms with E-state index >= 15 is 0 Å². The molecule has 0 bridgehead atoms. The Hall–Kier alpha value is -3.59. The van der Waals surface area contributed by atoms with E-state index in [1.807, 2.05) is 51.1 Å². The number of nitrogens with one attached hydrogen (secondary N) is 3. The van der Waals surface area contributed by atoms with E-state index in [9.17, 15) is 9.59 Å². The number of hydrogen-bond acceptors (Lipinski definition) is 6. The molecule has 0 saturated heterocycles. The van der Waals surface area contributed by atoms with Crippen LogP contribution in [0.1, 0.15) is 37.2 Å². The minimum Gasteiger partial charge on any atom is -0.272 e. The Balaban J connectivity index is 1.48. The van der Waals surface area contributed by atoms with Crippen LogP contribution in [0.4, 0.5) is 0 Å². The normalized spacial score (nSPS) is 10.9. The Labute approximate surface area is 170 Å². The maximum atomic E-state index is 12.6. The van der Waals surface area contributed by atoms with Crippen molar-refractivity contribution < 1.29 is 9.59 Å². The highest BCUT2D eigenvalue weighted by Gasteiger charge is 2.19. The standard InChI is InChI=1S/C20H18N6O2S/c1-10-16-11(2)21-12(3)22-20(16)29-17(10)19(28)26-25-18(27)15-9-14(23-24-15)13-7-5-4-6-8-13/h4-9H,1-3H3,(H,23,24)(H,25,27)(H,26,28). The van der Waals surface area contributed by atoms with Crippen molar-refractivity contribution in [3.05, 3.63) is 64.1 Å². The zero-order valence-corrected chi connectivity index (χ0v) is 16.8. The minimum atomic E-state index is -0.487. The maximum Gasteiger partial charge on any atom is 0.287 e. The van der Waals surface area contributed by atoms with Crippen molar-refractivity contribution in [2.45, 2.75) is 20.8 Å². The number of rotatable bonds is 3. The number of aryl methyl sites for hydroxylation is 3. The lowest BCUT2D eigenvalue weighted by atomic mass is 10.1. The molecule has 1 aromatic carbocycles. The van der Waals surface area contributed by atoms with E-state index in [1.165, 1.54) is 11.3 Å². The predicted octanol–water partition coefficient (Wildman–Crippen LogP) is 3.08. The minimum absolute atomic E-state index is 0.245. The number of hydrogen-bond donors (Lipinski definition) is 3. The van der Waals surface area contributed by atoms with Crippen molar-refractivity contribution in [2.75, 3.05) is 0 Å². The van der Waals surface area contributed by atoms with Gasteiger partial charge in [0.05, 0.1) is 10.6 Å². The summed E-state index contributed by atoms with van der Waals surface area (Å²) in [4.78, 5) is 35.0. The fourth-order valence-corrected chi connectivity index (χ4v) is 4.30. The number of benzene rings is 1. The molecule has 29 heavy (non-hydrogen) atoms. The van der Waals surface area contributed by atoms with Crippen LogP contribution in [0.2, 0.25) is 0 Å². The first-order chi connectivity index (χ1) is 13.9. The van der Waals surface area contributed by atoms with Crippen LogP contribution in [0.25, 0.3) is 21.5 Å². The van der Waals surface area contributed by atoms with Gasteiger partial charge >= 0.3 is 0 Å². The first kappa shape index (κ1) is 18.8. The molecular formula is C20H18N6O2S. The number of aromatic nitrogens is 4. The summed E-state index contributed by atoms with van der Waals surface area (Å²) in [5, 5.41) is 7.70. The molecule has 4 rings (SSSR count). The van der Waals surface area contributed by atoms with Crippen LogP contribution >= 0.6 is 11.3 Å². The van der Waals surface area contributed by atoms with E-state index < -0.39 is 11.8 Å². The van der Waals surface area contributed by atoms with E-state index in [0.717, 1.165) is 27.0 Å². The molecule has 8 nitrogen and oxygen atoms in total. The van der Waals surface area contributed by atoms with Crippen LogP contribution in [-0.4, -0.2) is 32.0 Å². The molecule has 3 N–H and O–H groups in total. The van der Waals surface area contributed by atoms with E-state index in [2.05, 4.69) is 31.0 Å². The third-order valence-electron chi connectivity index (χ3n) is 4.47. The van der Waals surface area contributed by atoms with E-state index in [4.69, 9.17) is 0 Å². The molecule has 4 aromatic rings. The van der Waals surface area contributed by atoms with Crippen LogP contribution in [0, 0.1) is 20.8 Å². The Bertz CT molecular complexity index is 1230. The van der Waals surface area contributed by atoms with Crippen molar-refractivity contribution in [3.8, 4) is 11.3 Å². The van der Waals surface area contributed by atoms with E-state index in [0.29, 0.717) is 16.4 Å². The van der Waals surface area contributed by atoms with Crippen molar-refractivity contribution in [2.24, 2.45) is 0 Å². The molecule has 0 atom stereocenters. The molecule has 0 saturated carbocycles.